The summed E-state index contributed by atoms with van der Waals surface area (Å²) >= 11 is 0. The summed E-state index contributed by atoms with van der Waals surface area (Å²) in [4.78, 5) is 8.29. The number of hydrogen-bond donors (Lipinski definition) is 0. The zero-order valence-electron chi connectivity index (χ0n) is 10.2. The molecule has 0 bridgehead atoms. The summed E-state index contributed by atoms with van der Waals surface area (Å²) in [6.45, 7) is 5.12. The van der Waals surface area contributed by atoms with Gasteiger partial charge >= 0.3 is 0 Å². The molecule has 0 aliphatic heterocycles. The van der Waals surface area contributed by atoms with Gasteiger partial charge in [0.25, 0.3) is 0 Å². The number of hydrogen-bond acceptors (Lipinski definition) is 2. The van der Waals surface area contributed by atoms with Crippen molar-refractivity contribution in [3.63, 3.8) is 0 Å². The minimum atomic E-state index is 0.843. The van der Waals surface area contributed by atoms with E-state index in [0.717, 1.165) is 18.7 Å². The van der Waals surface area contributed by atoms with Crippen molar-refractivity contribution < 1.29 is 0 Å². The Morgan fingerprint density at radius 2 is 1.81 bits per heavy atom. The maximum atomic E-state index is 4.15. The standard InChI is InChI=1S/C14H20N2/c1-3-4-5-6-11-15-12-16-14-9-7-13(2)8-10-14/h7-10H,3-6,11H2,1-2H3/i16+1. The van der Waals surface area contributed by atoms with Crippen LogP contribution < -0.4 is 0 Å². The van der Waals surface area contributed by atoms with Crippen molar-refractivity contribution in [1.29, 1.82) is 0 Å². The lowest BCUT2D eigenvalue weighted by atomic mass is 10.2. The molecular formula is C14H20N2. The fourth-order valence-electron chi connectivity index (χ4n) is 1.38. The van der Waals surface area contributed by atoms with Crippen molar-refractivity contribution in [2.24, 2.45) is 9.98 Å². The van der Waals surface area contributed by atoms with Gasteiger partial charge in [-0.15, -0.1) is 0 Å². The summed E-state index contributed by atoms with van der Waals surface area (Å²) in [5, 5.41) is 0. The Hall–Kier alpha value is -1.40. The molecule has 0 aromatic heterocycles. The van der Waals surface area contributed by atoms with Gasteiger partial charge in [-0.3, -0.25) is 0 Å². The van der Waals surface area contributed by atoms with Crippen molar-refractivity contribution >= 4 is 11.7 Å². The van der Waals surface area contributed by atoms with Crippen LogP contribution in [-0.2, 0) is 0 Å². The van der Waals surface area contributed by atoms with Crippen LogP contribution >= 0.6 is 0 Å². The molecule has 0 unspecified atom stereocenters. The molecule has 2 nitrogen and oxygen atoms in total. The monoisotopic (exact) mass is 217 g/mol. The van der Waals surface area contributed by atoms with E-state index in [1.54, 1.807) is 0 Å². The minimum absolute atomic E-state index is 0.843. The SMILES string of the molecule is CCCCCCN=C=[15N]c1ccc(C)cc1. The van der Waals surface area contributed by atoms with E-state index in [-0.39, 0.29) is 0 Å². The highest BCUT2D eigenvalue weighted by Gasteiger charge is 1.86. The molecule has 0 amide bonds. The van der Waals surface area contributed by atoms with Gasteiger partial charge in [-0.25, -0.2) is 4.99 Å². The molecule has 0 saturated heterocycles. The Morgan fingerprint density at radius 1 is 1.06 bits per heavy atom. The summed E-state index contributed by atoms with van der Waals surface area (Å²) in [5.74, 6) is 0. The van der Waals surface area contributed by atoms with Gasteiger partial charge in [0, 0.05) is 6.54 Å². The van der Waals surface area contributed by atoms with Crippen LogP contribution in [0.15, 0.2) is 34.3 Å². The van der Waals surface area contributed by atoms with Crippen molar-refractivity contribution in [3.05, 3.63) is 29.8 Å². The Bertz CT molecular complexity index is 346. The highest BCUT2D eigenvalue weighted by atomic mass is 15.5. The van der Waals surface area contributed by atoms with Crippen LogP contribution in [0.2, 0.25) is 0 Å². The van der Waals surface area contributed by atoms with Crippen LogP contribution in [0.4, 0.5) is 5.69 Å². The van der Waals surface area contributed by atoms with Gasteiger partial charge < -0.3 is 0 Å². The summed E-state index contributed by atoms with van der Waals surface area (Å²) in [5.41, 5.74) is 2.17. The molecule has 0 fully saturated rings. The first-order valence-corrected chi connectivity index (χ1v) is 6.02. The van der Waals surface area contributed by atoms with E-state index in [1.807, 2.05) is 24.3 Å². The molecule has 2 heteroatoms. The van der Waals surface area contributed by atoms with E-state index in [4.69, 9.17) is 0 Å². The lowest BCUT2D eigenvalue weighted by Crippen LogP contribution is -1.80. The Balaban J connectivity index is 2.30. The van der Waals surface area contributed by atoms with E-state index in [0.29, 0.717) is 0 Å². The fraction of sp³-hybridized carbons (Fsp3) is 0.500. The second kappa shape index (κ2) is 7.84. The maximum absolute atomic E-state index is 4.15. The van der Waals surface area contributed by atoms with E-state index < -0.39 is 0 Å². The molecular weight excluding hydrogens is 197 g/mol. The number of rotatable bonds is 6. The lowest BCUT2D eigenvalue weighted by molar-refractivity contribution is 0.676. The topological polar surface area (TPSA) is 24.7 Å². The van der Waals surface area contributed by atoms with Crippen molar-refractivity contribution in [3.8, 4) is 0 Å². The highest BCUT2D eigenvalue weighted by Crippen LogP contribution is 2.10. The smallest absolute Gasteiger partial charge is 0.0948 e. The molecule has 16 heavy (non-hydrogen) atoms. The van der Waals surface area contributed by atoms with Gasteiger partial charge in [-0.05, 0) is 25.5 Å². The van der Waals surface area contributed by atoms with Crippen LogP contribution in [0, 0.1) is 6.92 Å². The summed E-state index contributed by atoms with van der Waals surface area (Å²) < 4.78 is 0. The quantitative estimate of drug-likeness (QED) is 0.384. The third kappa shape index (κ3) is 5.47. The first-order valence-electron chi connectivity index (χ1n) is 6.02. The van der Waals surface area contributed by atoms with Crippen LogP contribution in [-0.4, -0.2) is 12.6 Å². The second-order valence-electron chi connectivity index (χ2n) is 3.99. The average Bonchev–Trinajstić information content (AvgIpc) is 2.30. The summed E-state index contributed by atoms with van der Waals surface area (Å²) in [6.07, 6.45) is 4.96. The largest absolute Gasteiger partial charge is 0.225 e. The molecule has 86 valence electrons. The molecule has 0 radical (unpaired) electrons. The number of nitrogens with zero attached hydrogens (tertiary/aromatic N) is 2. The molecule has 0 heterocycles. The van der Waals surface area contributed by atoms with Crippen molar-refractivity contribution in [2.45, 2.75) is 39.5 Å². The summed E-state index contributed by atoms with van der Waals surface area (Å²) in [6, 6.07) is 10.8. The normalized spacial score (nSPS) is 9.62. The molecule has 0 aliphatic carbocycles. The number of unbranched alkanes of at least 4 members (excludes halogenated alkanes) is 3. The highest BCUT2D eigenvalue weighted by molar-refractivity contribution is 5.52. The van der Waals surface area contributed by atoms with Crippen LogP contribution in [0.3, 0.4) is 0 Å². The number of benzene rings is 1. The number of aryl methyl sites for hydroxylation is 1. The molecule has 1 aromatic rings. The molecule has 1 aromatic carbocycles. The Labute approximate surface area is 98.1 Å². The van der Waals surface area contributed by atoms with Crippen molar-refractivity contribution in [1.82, 2.24) is 0 Å². The third-order valence-corrected chi connectivity index (χ3v) is 2.41. The predicted molar refractivity (Wildman–Crippen MR) is 69.7 cm³/mol. The molecule has 0 N–H and O–H groups in total. The Morgan fingerprint density at radius 3 is 2.50 bits per heavy atom. The molecule has 0 atom stereocenters. The fourth-order valence-corrected chi connectivity index (χ4v) is 1.38. The summed E-state index contributed by atoms with van der Waals surface area (Å²) in [7, 11) is 0. The first-order chi connectivity index (χ1) is 7.83. The zero-order valence-corrected chi connectivity index (χ0v) is 10.2. The number of aliphatic imine (C=N–C) groups is 2. The van der Waals surface area contributed by atoms with Gasteiger partial charge in [-0.1, -0.05) is 43.9 Å². The third-order valence-electron chi connectivity index (χ3n) is 2.41. The molecule has 0 saturated carbocycles. The van der Waals surface area contributed by atoms with Gasteiger partial charge in [0.15, 0.2) is 0 Å². The van der Waals surface area contributed by atoms with Gasteiger partial charge in [0.2, 0.25) is 0 Å². The molecule has 1 rings (SSSR count). The van der Waals surface area contributed by atoms with E-state index in [2.05, 4.69) is 29.8 Å². The van der Waals surface area contributed by atoms with Crippen LogP contribution in [0.1, 0.15) is 38.2 Å². The van der Waals surface area contributed by atoms with E-state index in [9.17, 15) is 0 Å². The Kier molecular flexibility index (Phi) is 6.20. The molecule has 0 aliphatic rings. The van der Waals surface area contributed by atoms with Crippen LogP contribution in [0.5, 0.6) is 0 Å². The van der Waals surface area contributed by atoms with Crippen molar-refractivity contribution in [2.75, 3.05) is 6.54 Å². The average molecular weight is 217 g/mol. The zero-order chi connectivity index (χ0) is 11.6. The van der Waals surface area contributed by atoms with E-state index >= 15 is 0 Å². The maximum Gasteiger partial charge on any atom is 0.0948 e. The lowest BCUT2D eigenvalue weighted by Gasteiger charge is -1.92. The minimum Gasteiger partial charge on any atom is -0.225 e. The predicted octanol–water partition coefficient (Wildman–Crippen LogP) is 4.38. The second-order valence-corrected chi connectivity index (χ2v) is 3.99. The van der Waals surface area contributed by atoms with Crippen LogP contribution in [0.25, 0.3) is 0 Å². The van der Waals surface area contributed by atoms with Gasteiger partial charge in [0.1, 0.15) is 0 Å². The molecule has 0 spiro atoms. The first kappa shape index (κ1) is 12.7. The van der Waals surface area contributed by atoms with Gasteiger partial charge in [-0.2, -0.15) is 4.99 Å². The van der Waals surface area contributed by atoms with E-state index in [1.165, 1.54) is 24.8 Å². The van der Waals surface area contributed by atoms with Gasteiger partial charge in [0.05, 0.1) is 11.7 Å².